The fourth-order valence-corrected chi connectivity index (χ4v) is 3.15. The van der Waals surface area contributed by atoms with E-state index in [2.05, 4.69) is 33.1 Å². The van der Waals surface area contributed by atoms with Crippen molar-refractivity contribution in [3.05, 3.63) is 36.3 Å². The summed E-state index contributed by atoms with van der Waals surface area (Å²) >= 11 is 0. The molecule has 5 nitrogen and oxygen atoms in total. The van der Waals surface area contributed by atoms with Gasteiger partial charge in [0.2, 0.25) is 0 Å². The van der Waals surface area contributed by atoms with Gasteiger partial charge in [0.1, 0.15) is 5.65 Å². The van der Waals surface area contributed by atoms with E-state index in [-0.39, 0.29) is 24.0 Å². The molecule has 0 atom stereocenters. The van der Waals surface area contributed by atoms with Crippen molar-refractivity contribution in [1.29, 1.82) is 0 Å². The molecule has 2 heterocycles. The molecule has 24 heavy (non-hydrogen) atoms. The lowest BCUT2D eigenvalue weighted by atomic mass is 9.96. The van der Waals surface area contributed by atoms with Crippen LogP contribution in [0.25, 0.3) is 5.65 Å². The Balaban J connectivity index is 0.00000208. The minimum atomic E-state index is 0. The van der Waals surface area contributed by atoms with Crippen molar-refractivity contribution in [2.75, 3.05) is 13.1 Å². The van der Waals surface area contributed by atoms with Crippen molar-refractivity contribution >= 4 is 35.6 Å². The van der Waals surface area contributed by atoms with Gasteiger partial charge in [0.05, 0.1) is 5.69 Å². The second-order valence-corrected chi connectivity index (χ2v) is 6.19. The maximum absolute atomic E-state index is 4.72. The molecule has 2 aromatic heterocycles. The van der Waals surface area contributed by atoms with Gasteiger partial charge in [0, 0.05) is 37.9 Å². The topological polar surface area (TPSA) is 53.7 Å². The van der Waals surface area contributed by atoms with E-state index in [1.165, 1.54) is 32.1 Å². The van der Waals surface area contributed by atoms with Gasteiger partial charge in [-0.3, -0.25) is 4.99 Å². The standard InChI is InChI=1S/C18H27N5.HI/c1-2-19-18(22-15-8-4-3-5-9-15)20-12-11-16-14-23-13-7-6-10-17(23)21-16;/h6-7,10,13-15H,2-5,8-9,11-12H2,1H3,(H2,19,20,22);1H. The molecule has 2 N–H and O–H groups in total. The predicted molar refractivity (Wildman–Crippen MR) is 110 cm³/mol. The van der Waals surface area contributed by atoms with E-state index < -0.39 is 0 Å². The number of nitrogens with one attached hydrogen (secondary N) is 2. The molecule has 0 bridgehead atoms. The summed E-state index contributed by atoms with van der Waals surface area (Å²) in [5.74, 6) is 0.947. The minimum absolute atomic E-state index is 0. The zero-order valence-electron chi connectivity index (χ0n) is 14.4. The van der Waals surface area contributed by atoms with Crippen LogP contribution in [0.2, 0.25) is 0 Å². The first-order chi connectivity index (χ1) is 11.3. The van der Waals surface area contributed by atoms with Crippen LogP contribution in [0.5, 0.6) is 0 Å². The number of hydrogen-bond donors (Lipinski definition) is 2. The van der Waals surface area contributed by atoms with Crippen LogP contribution in [-0.2, 0) is 6.42 Å². The highest BCUT2D eigenvalue weighted by molar-refractivity contribution is 14.0. The lowest BCUT2D eigenvalue weighted by Crippen LogP contribution is -2.44. The molecule has 1 aliphatic rings. The number of rotatable bonds is 5. The van der Waals surface area contributed by atoms with Crippen molar-refractivity contribution in [3.8, 4) is 0 Å². The third kappa shape index (κ3) is 5.36. The van der Waals surface area contributed by atoms with Crippen LogP contribution < -0.4 is 10.6 Å². The van der Waals surface area contributed by atoms with Gasteiger partial charge in [0.25, 0.3) is 0 Å². The number of nitrogens with zero attached hydrogens (tertiary/aromatic N) is 3. The van der Waals surface area contributed by atoms with E-state index in [9.17, 15) is 0 Å². The Bertz CT molecular complexity index is 613. The summed E-state index contributed by atoms with van der Waals surface area (Å²) < 4.78 is 2.06. The molecule has 0 amide bonds. The van der Waals surface area contributed by atoms with Gasteiger partial charge in [-0.05, 0) is 31.9 Å². The summed E-state index contributed by atoms with van der Waals surface area (Å²) in [5, 5.41) is 6.94. The fraction of sp³-hybridized carbons (Fsp3) is 0.556. The Hall–Kier alpha value is -1.31. The third-order valence-corrected chi connectivity index (χ3v) is 4.34. The van der Waals surface area contributed by atoms with E-state index in [0.29, 0.717) is 6.04 Å². The molecule has 132 valence electrons. The fourth-order valence-electron chi connectivity index (χ4n) is 3.15. The van der Waals surface area contributed by atoms with Crippen molar-refractivity contribution < 1.29 is 0 Å². The van der Waals surface area contributed by atoms with Crippen LogP contribution in [0.15, 0.2) is 35.6 Å². The monoisotopic (exact) mass is 441 g/mol. The van der Waals surface area contributed by atoms with E-state index in [0.717, 1.165) is 36.8 Å². The molecule has 2 aromatic rings. The highest BCUT2D eigenvalue weighted by atomic mass is 127. The molecule has 0 saturated heterocycles. The Labute approximate surface area is 161 Å². The lowest BCUT2D eigenvalue weighted by molar-refractivity contribution is 0.410. The molecule has 1 fully saturated rings. The van der Waals surface area contributed by atoms with Crippen LogP contribution in [0.4, 0.5) is 0 Å². The van der Waals surface area contributed by atoms with Crippen LogP contribution in [0.1, 0.15) is 44.7 Å². The van der Waals surface area contributed by atoms with Crippen molar-refractivity contribution in [2.45, 2.75) is 51.5 Å². The molecule has 3 rings (SSSR count). The van der Waals surface area contributed by atoms with Gasteiger partial charge in [-0.1, -0.05) is 25.3 Å². The van der Waals surface area contributed by atoms with Crippen molar-refractivity contribution in [1.82, 2.24) is 20.0 Å². The number of aromatic nitrogens is 2. The van der Waals surface area contributed by atoms with Crippen LogP contribution in [0.3, 0.4) is 0 Å². The first-order valence-corrected chi connectivity index (χ1v) is 8.82. The predicted octanol–water partition coefficient (Wildman–Crippen LogP) is 3.38. The first kappa shape index (κ1) is 19.0. The van der Waals surface area contributed by atoms with Crippen LogP contribution >= 0.6 is 24.0 Å². The zero-order chi connectivity index (χ0) is 15.9. The molecule has 0 spiro atoms. The number of imidazole rings is 1. The largest absolute Gasteiger partial charge is 0.357 e. The number of hydrogen-bond acceptors (Lipinski definition) is 2. The van der Waals surface area contributed by atoms with Crippen LogP contribution in [0, 0.1) is 0 Å². The second kappa shape index (κ2) is 9.86. The maximum atomic E-state index is 4.72. The molecule has 0 aromatic carbocycles. The van der Waals surface area contributed by atoms with E-state index in [1.807, 2.05) is 24.4 Å². The average molecular weight is 441 g/mol. The molecule has 0 unspecified atom stereocenters. The molecule has 0 radical (unpaired) electrons. The Morgan fingerprint density at radius 2 is 2.12 bits per heavy atom. The van der Waals surface area contributed by atoms with Crippen molar-refractivity contribution in [3.63, 3.8) is 0 Å². The van der Waals surface area contributed by atoms with E-state index in [4.69, 9.17) is 4.99 Å². The molecule has 6 heteroatoms. The molecule has 1 saturated carbocycles. The third-order valence-electron chi connectivity index (χ3n) is 4.34. The molecule has 1 aliphatic carbocycles. The Morgan fingerprint density at radius 3 is 2.88 bits per heavy atom. The van der Waals surface area contributed by atoms with E-state index in [1.54, 1.807) is 0 Å². The number of pyridine rings is 1. The summed E-state index contributed by atoms with van der Waals surface area (Å²) in [4.78, 5) is 9.34. The highest BCUT2D eigenvalue weighted by Gasteiger charge is 2.14. The summed E-state index contributed by atoms with van der Waals surface area (Å²) in [7, 11) is 0. The quantitative estimate of drug-likeness (QED) is 0.425. The van der Waals surface area contributed by atoms with Gasteiger partial charge in [-0.2, -0.15) is 0 Å². The highest BCUT2D eigenvalue weighted by Crippen LogP contribution is 2.17. The summed E-state index contributed by atoms with van der Waals surface area (Å²) in [6, 6.07) is 6.65. The first-order valence-electron chi connectivity index (χ1n) is 8.82. The number of guanidine groups is 1. The van der Waals surface area contributed by atoms with Gasteiger partial charge in [0.15, 0.2) is 5.96 Å². The Morgan fingerprint density at radius 1 is 1.29 bits per heavy atom. The summed E-state index contributed by atoms with van der Waals surface area (Å²) in [5.41, 5.74) is 2.09. The molecule has 0 aliphatic heterocycles. The van der Waals surface area contributed by atoms with Crippen molar-refractivity contribution in [2.24, 2.45) is 4.99 Å². The minimum Gasteiger partial charge on any atom is -0.357 e. The summed E-state index contributed by atoms with van der Waals surface area (Å²) in [6.45, 7) is 3.76. The molecular formula is C18H28IN5. The smallest absolute Gasteiger partial charge is 0.191 e. The van der Waals surface area contributed by atoms with Gasteiger partial charge < -0.3 is 15.0 Å². The zero-order valence-corrected chi connectivity index (χ0v) is 16.7. The number of fused-ring (bicyclic) bond motifs is 1. The summed E-state index contributed by atoms with van der Waals surface area (Å²) in [6.07, 6.45) is 11.5. The lowest BCUT2D eigenvalue weighted by Gasteiger charge is -2.24. The van der Waals surface area contributed by atoms with E-state index >= 15 is 0 Å². The Kier molecular flexibility index (Phi) is 7.81. The second-order valence-electron chi connectivity index (χ2n) is 6.19. The maximum Gasteiger partial charge on any atom is 0.191 e. The normalized spacial score (nSPS) is 16.0. The van der Waals surface area contributed by atoms with Gasteiger partial charge in [-0.15, -0.1) is 24.0 Å². The van der Waals surface area contributed by atoms with Crippen LogP contribution in [-0.4, -0.2) is 34.5 Å². The number of halogens is 1. The average Bonchev–Trinajstić information content (AvgIpc) is 2.98. The number of aliphatic imine (C=N–C) groups is 1. The van der Waals surface area contributed by atoms with Gasteiger partial charge in [-0.25, -0.2) is 4.98 Å². The van der Waals surface area contributed by atoms with Gasteiger partial charge >= 0.3 is 0 Å². The SMILES string of the molecule is CCNC(=NCCc1cn2ccccc2n1)NC1CCCCC1.I. The molecular weight excluding hydrogens is 413 g/mol.